The van der Waals surface area contributed by atoms with Gasteiger partial charge in [0.15, 0.2) is 0 Å². The summed E-state index contributed by atoms with van der Waals surface area (Å²) in [5.74, 6) is -3.06. The Morgan fingerprint density at radius 1 is 1.05 bits per heavy atom. The highest BCUT2D eigenvalue weighted by molar-refractivity contribution is 5.87. The summed E-state index contributed by atoms with van der Waals surface area (Å²) in [6.07, 6.45) is 2.53. The van der Waals surface area contributed by atoms with E-state index in [1.54, 1.807) is 12.2 Å². The molecule has 0 aromatic heterocycles. The zero-order chi connectivity index (χ0) is 16.3. The highest BCUT2D eigenvalue weighted by Gasteiger charge is 2.54. The molecule has 2 bridgehead atoms. The minimum Gasteiger partial charge on any atom is -0.469 e. The lowest BCUT2D eigenvalue weighted by Crippen LogP contribution is -2.38. The van der Waals surface area contributed by atoms with Crippen LogP contribution in [0, 0.1) is 11.8 Å². The van der Waals surface area contributed by atoms with Gasteiger partial charge in [-0.05, 0) is 6.92 Å². The zero-order valence-corrected chi connectivity index (χ0v) is 12.4. The number of hydrogen-bond acceptors (Lipinski definition) is 7. The van der Waals surface area contributed by atoms with Crippen molar-refractivity contribution in [3.8, 4) is 0 Å². The molecule has 0 aromatic carbocycles. The third-order valence-electron chi connectivity index (χ3n) is 3.55. The number of esters is 3. The lowest BCUT2D eigenvalue weighted by molar-refractivity contribution is -0.160. The first-order chi connectivity index (χ1) is 10.5. The van der Waals surface area contributed by atoms with Crippen LogP contribution in [-0.2, 0) is 33.3 Å². The Balaban J connectivity index is 1.86. The number of rotatable bonds is 6. The second-order valence-corrected chi connectivity index (χ2v) is 5.11. The van der Waals surface area contributed by atoms with E-state index < -0.39 is 42.0 Å². The Bertz CT molecular complexity index is 522. The highest BCUT2D eigenvalue weighted by Crippen LogP contribution is 2.40. The molecule has 7 nitrogen and oxygen atoms in total. The number of carbonyl (C=O) groups is 3. The summed E-state index contributed by atoms with van der Waals surface area (Å²) in [6, 6.07) is 0. The molecule has 2 aliphatic rings. The van der Waals surface area contributed by atoms with Crippen LogP contribution in [0.2, 0.25) is 0 Å². The van der Waals surface area contributed by atoms with Crippen LogP contribution in [0.5, 0.6) is 0 Å². The smallest absolute Gasteiger partial charge is 0.333 e. The quantitative estimate of drug-likeness (QED) is 0.230. The fourth-order valence-electron chi connectivity index (χ4n) is 2.50. The Kier molecular flexibility index (Phi) is 4.97. The fourth-order valence-corrected chi connectivity index (χ4v) is 2.50. The lowest BCUT2D eigenvalue weighted by atomic mass is 9.83. The monoisotopic (exact) mass is 310 g/mol. The van der Waals surface area contributed by atoms with Crippen molar-refractivity contribution in [3.63, 3.8) is 0 Å². The first kappa shape index (κ1) is 16.2. The van der Waals surface area contributed by atoms with Crippen LogP contribution in [0.15, 0.2) is 24.3 Å². The van der Waals surface area contributed by atoms with Crippen LogP contribution in [0.3, 0.4) is 0 Å². The average molecular weight is 310 g/mol. The normalized spacial score (nSPS) is 28.3. The molecule has 2 heterocycles. The Morgan fingerprint density at radius 3 is 2.14 bits per heavy atom. The molecular formula is C15H18O7. The van der Waals surface area contributed by atoms with Crippen molar-refractivity contribution in [1.29, 1.82) is 0 Å². The molecule has 0 amide bonds. The maximum Gasteiger partial charge on any atom is 0.333 e. The molecule has 0 N–H and O–H groups in total. The van der Waals surface area contributed by atoms with E-state index in [0.29, 0.717) is 0 Å². The van der Waals surface area contributed by atoms with Gasteiger partial charge in [0.1, 0.15) is 25.0 Å². The first-order valence-corrected chi connectivity index (χ1v) is 6.86. The molecule has 0 radical (unpaired) electrons. The number of fused-ring (bicyclic) bond motifs is 2. The van der Waals surface area contributed by atoms with Gasteiger partial charge in [0.05, 0.1) is 19.3 Å². The van der Waals surface area contributed by atoms with E-state index in [9.17, 15) is 14.4 Å². The van der Waals surface area contributed by atoms with Gasteiger partial charge in [0.25, 0.3) is 0 Å². The van der Waals surface area contributed by atoms with E-state index in [4.69, 9.17) is 18.9 Å². The van der Waals surface area contributed by atoms with Gasteiger partial charge in [0.2, 0.25) is 0 Å². The molecule has 2 aliphatic heterocycles. The van der Waals surface area contributed by atoms with Crippen molar-refractivity contribution >= 4 is 17.9 Å². The van der Waals surface area contributed by atoms with Gasteiger partial charge in [-0.1, -0.05) is 18.7 Å². The molecule has 0 spiro atoms. The lowest BCUT2D eigenvalue weighted by Gasteiger charge is -2.21. The van der Waals surface area contributed by atoms with E-state index >= 15 is 0 Å². The van der Waals surface area contributed by atoms with Crippen molar-refractivity contribution in [1.82, 2.24) is 0 Å². The zero-order valence-electron chi connectivity index (χ0n) is 12.4. The van der Waals surface area contributed by atoms with E-state index in [1.807, 2.05) is 0 Å². The summed E-state index contributed by atoms with van der Waals surface area (Å²) >= 11 is 0. The van der Waals surface area contributed by atoms with Gasteiger partial charge in [0, 0.05) is 5.57 Å². The van der Waals surface area contributed by atoms with Gasteiger partial charge in [-0.15, -0.1) is 0 Å². The van der Waals surface area contributed by atoms with Gasteiger partial charge >= 0.3 is 17.9 Å². The van der Waals surface area contributed by atoms with Crippen molar-refractivity contribution < 1.29 is 33.3 Å². The molecular weight excluding hydrogens is 292 g/mol. The number of methoxy groups -OCH3 is 1. The van der Waals surface area contributed by atoms with Crippen LogP contribution in [0.25, 0.3) is 0 Å². The molecule has 1 saturated heterocycles. The topological polar surface area (TPSA) is 88.1 Å². The minimum atomic E-state index is -0.737. The summed E-state index contributed by atoms with van der Waals surface area (Å²) in [7, 11) is 1.26. The van der Waals surface area contributed by atoms with Gasteiger partial charge < -0.3 is 18.9 Å². The summed E-state index contributed by atoms with van der Waals surface area (Å²) in [5, 5.41) is 0. The van der Waals surface area contributed by atoms with E-state index in [0.717, 1.165) is 0 Å². The van der Waals surface area contributed by atoms with E-state index in [1.165, 1.54) is 14.0 Å². The van der Waals surface area contributed by atoms with E-state index in [2.05, 4.69) is 6.58 Å². The van der Waals surface area contributed by atoms with Gasteiger partial charge in [-0.3, -0.25) is 9.59 Å². The molecule has 22 heavy (non-hydrogen) atoms. The number of ether oxygens (including phenoxy) is 4. The Hall–Kier alpha value is -2.15. The molecule has 1 fully saturated rings. The van der Waals surface area contributed by atoms with Crippen molar-refractivity contribution in [2.45, 2.75) is 19.1 Å². The SMILES string of the molecule is C=C(C)C(=O)OCCOC(=O)[C@H]1[C@H](C(=O)OC)[C@@H]2C=C[C@H]1O2. The molecule has 2 rings (SSSR count). The summed E-state index contributed by atoms with van der Waals surface area (Å²) in [5.41, 5.74) is 0.267. The van der Waals surface area contributed by atoms with Crippen LogP contribution >= 0.6 is 0 Å². The summed E-state index contributed by atoms with van der Waals surface area (Å²) < 4.78 is 20.1. The standard InChI is InChI=1S/C15H18O7/c1-8(2)13(16)20-6-7-21-15(18)12-10-5-4-9(22-10)11(12)14(17)19-3/h4-5,9-12H,1,6-7H2,2-3H3/t9-,10+,11+,12+/m0/s1. The Labute approximate surface area is 127 Å². The molecule has 0 aromatic rings. The maximum absolute atomic E-state index is 12.1. The van der Waals surface area contributed by atoms with Crippen molar-refractivity contribution in [2.24, 2.45) is 11.8 Å². The molecule has 0 aliphatic carbocycles. The molecule has 7 heteroatoms. The van der Waals surface area contributed by atoms with Crippen LogP contribution < -0.4 is 0 Å². The summed E-state index contributed by atoms with van der Waals surface area (Å²) in [6.45, 7) is 4.80. The first-order valence-electron chi connectivity index (χ1n) is 6.86. The van der Waals surface area contributed by atoms with Crippen LogP contribution in [0.1, 0.15) is 6.92 Å². The number of hydrogen-bond donors (Lipinski definition) is 0. The summed E-state index contributed by atoms with van der Waals surface area (Å²) in [4.78, 5) is 35.1. The van der Waals surface area contributed by atoms with Crippen molar-refractivity contribution in [2.75, 3.05) is 20.3 Å². The third kappa shape index (κ3) is 3.19. The Morgan fingerprint density at radius 2 is 1.59 bits per heavy atom. The fraction of sp³-hybridized carbons (Fsp3) is 0.533. The second kappa shape index (κ2) is 6.74. The predicted molar refractivity (Wildman–Crippen MR) is 73.5 cm³/mol. The third-order valence-corrected chi connectivity index (χ3v) is 3.55. The molecule has 0 unspecified atom stereocenters. The van der Waals surface area contributed by atoms with E-state index in [-0.39, 0.29) is 18.8 Å². The van der Waals surface area contributed by atoms with Gasteiger partial charge in [-0.25, -0.2) is 4.79 Å². The molecule has 0 saturated carbocycles. The molecule has 4 atom stereocenters. The van der Waals surface area contributed by atoms with Crippen LogP contribution in [-0.4, -0.2) is 50.4 Å². The largest absolute Gasteiger partial charge is 0.469 e. The minimum absolute atomic E-state index is 0.0716. The molecule has 120 valence electrons. The second-order valence-electron chi connectivity index (χ2n) is 5.11. The average Bonchev–Trinajstić information content (AvgIpc) is 3.10. The highest BCUT2D eigenvalue weighted by atomic mass is 16.6. The number of carbonyl (C=O) groups excluding carboxylic acids is 3. The maximum atomic E-state index is 12.1. The van der Waals surface area contributed by atoms with Gasteiger partial charge in [-0.2, -0.15) is 0 Å². The predicted octanol–water partition coefficient (Wildman–Crippen LogP) is 0.391. The van der Waals surface area contributed by atoms with Crippen LogP contribution in [0.4, 0.5) is 0 Å². The van der Waals surface area contributed by atoms with Crippen molar-refractivity contribution in [3.05, 3.63) is 24.3 Å².